The van der Waals surface area contributed by atoms with Crippen molar-refractivity contribution in [3.63, 3.8) is 0 Å². The molecule has 1 aliphatic heterocycles. The number of nitrogens with zero attached hydrogens (tertiary/aromatic N) is 3. The van der Waals surface area contributed by atoms with Gasteiger partial charge in [0, 0.05) is 38.8 Å². The smallest absolute Gasteiger partial charge is 0.330 e. The first-order valence-electron chi connectivity index (χ1n) is 11.8. The van der Waals surface area contributed by atoms with Crippen LogP contribution < -0.4 is 27.2 Å². The molecule has 0 aromatic carbocycles. The highest BCUT2D eigenvalue weighted by molar-refractivity contribution is 5.82. The van der Waals surface area contributed by atoms with Crippen LogP contribution >= 0.6 is 0 Å². The van der Waals surface area contributed by atoms with Crippen molar-refractivity contribution >= 4 is 17.4 Å². The molecule has 2 fully saturated rings. The van der Waals surface area contributed by atoms with Gasteiger partial charge in [0.2, 0.25) is 5.91 Å². The molecular weight excluding hydrogens is 412 g/mol. The number of H-pyrrole nitrogens is 1. The fourth-order valence-corrected chi connectivity index (χ4v) is 4.95. The Labute approximate surface area is 189 Å². The summed E-state index contributed by atoms with van der Waals surface area (Å²) in [4.78, 5) is 43.7. The van der Waals surface area contributed by atoms with Gasteiger partial charge >= 0.3 is 5.69 Å². The summed E-state index contributed by atoms with van der Waals surface area (Å²) in [6.07, 6.45) is 7.36. The lowest BCUT2D eigenvalue weighted by Crippen LogP contribution is -2.60. The Morgan fingerprint density at radius 1 is 1.22 bits per heavy atom. The monoisotopic (exact) mass is 450 g/mol. The van der Waals surface area contributed by atoms with Crippen LogP contribution in [0.25, 0.3) is 0 Å². The van der Waals surface area contributed by atoms with Crippen molar-refractivity contribution in [3.05, 3.63) is 20.8 Å². The molecule has 1 saturated carbocycles. The molecule has 2 heterocycles. The number of rotatable bonds is 9. The average Bonchev–Trinajstić information content (AvgIpc) is 2.78. The Kier molecular flexibility index (Phi) is 8.36. The van der Waals surface area contributed by atoms with Gasteiger partial charge < -0.3 is 20.7 Å². The number of nitrogen functional groups attached to an aromatic ring is 1. The molecule has 0 unspecified atom stereocenters. The van der Waals surface area contributed by atoms with Gasteiger partial charge in [-0.05, 0) is 19.3 Å². The van der Waals surface area contributed by atoms with Crippen molar-refractivity contribution in [1.82, 2.24) is 19.8 Å². The number of aromatic nitrogens is 2. The van der Waals surface area contributed by atoms with Crippen LogP contribution in [-0.4, -0.2) is 72.3 Å². The molecule has 1 amide bonds. The molecular formula is C22H38N6O4. The summed E-state index contributed by atoms with van der Waals surface area (Å²) in [7, 11) is 1.65. The second kappa shape index (κ2) is 11.0. The van der Waals surface area contributed by atoms with Crippen LogP contribution in [0.4, 0.5) is 11.5 Å². The minimum absolute atomic E-state index is 0.0154. The van der Waals surface area contributed by atoms with E-state index in [4.69, 9.17) is 10.5 Å². The van der Waals surface area contributed by atoms with E-state index in [0.717, 1.165) is 52.0 Å². The second-order valence-corrected chi connectivity index (χ2v) is 9.02. The molecule has 0 radical (unpaired) electrons. The van der Waals surface area contributed by atoms with Gasteiger partial charge in [-0.2, -0.15) is 0 Å². The number of carbonyl (C=O) groups excluding carboxylic acids is 1. The average molecular weight is 451 g/mol. The van der Waals surface area contributed by atoms with E-state index in [-0.39, 0.29) is 29.5 Å². The highest BCUT2D eigenvalue weighted by Gasteiger charge is 2.38. The van der Waals surface area contributed by atoms with Gasteiger partial charge in [0.25, 0.3) is 5.56 Å². The third-order valence-corrected chi connectivity index (χ3v) is 6.79. The molecule has 10 heteroatoms. The lowest BCUT2D eigenvalue weighted by molar-refractivity contribution is -0.121. The molecule has 1 aliphatic carbocycles. The highest BCUT2D eigenvalue weighted by atomic mass is 16.5. The summed E-state index contributed by atoms with van der Waals surface area (Å²) in [6, 6.07) is 0. The number of nitrogens with two attached hydrogens (primary N) is 1. The normalized spacial score (nSPS) is 18.9. The van der Waals surface area contributed by atoms with Crippen LogP contribution in [0.15, 0.2) is 9.59 Å². The number of likely N-dealkylation sites (N-methyl/N-ethyl adjacent to an activating group) is 1. The number of unbranched alkanes of at least 4 members (excludes halogenated alkanes) is 1. The fraction of sp³-hybridized carbons (Fsp3) is 0.773. The van der Waals surface area contributed by atoms with E-state index in [1.54, 1.807) is 7.05 Å². The molecule has 32 heavy (non-hydrogen) atoms. The summed E-state index contributed by atoms with van der Waals surface area (Å²) in [5, 5.41) is 3.11. The molecule has 3 rings (SSSR count). The molecule has 180 valence electrons. The SMILES string of the molecule is CCCCn1c(N)c(N(C)CC(=O)NCC2(N3CCOCC3)CCCCC2)c(=O)[nH]c1=O. The number of ether oxygens (including phenoxy) is 1. The van der Waals surface area contributed by atoms with E-state index in [1.807, 2.05) is 6.92 Å². The lowest BCUT2D eigenvalue weighted by atomic mass is 9.79. The number of aromatic amines is 1. The predicted molar refractivity (Wildman–Crippen MR) is 125 cm³/mol. The van der Waals surface area contributed by atoms with E-state index < -0.39 is 11.2 Å². The van der Waals surface area contributed by atoms with Crippen molar-refractivity contribution in [2.75, 3.05) is 57.1 Å². The zero-order valence-electron chi connectivity index (χ0n) is 19.5. The third kappa shape index (κ3) is 5.53. The maximum atomic E-state index is 12.8. The number of hydrogen-bond acceptors (Lipinski definition) is 7. The van der Waals surface area contributed by atoms with Crippen LogP contribution in [0.2, 0.25) is 0 Å². The minimum atomic E-state index is -0.576. The Bertz CT molecular complexity index is 883. The van der Waals surface area contributed by atoms with Crippen LogP contribution in [0.3, 0.4) is 0 Å². The van der Waals surface area contributed by atoms with Gasteiger partial charge in [0.1, 0.15) is 11.5 Å². The fourth-order valence-electron chi connectivity index (χ4n) is 4.95. The molecule has 4 N–H and O–H groups in total. The number of nitrogens with one attached hydrogen (secondary N) is 2. The Morgan fingerprint density at radius 3 is 2.56 bits per heavy atom. The Hall–Kier alpha value is -2.33. The number of morpholine rings is 1. The van der Waals surface area contributed by atoms with E-state index in [9.17, 15) is 14.4 Å². The second-order valence-electron chi connectivity index (χ2n) is 9.02. The molecule has 0 bridgehead atoms. The molecule has 2 aliphatic rings. The number of anilines is 2. The summed E-state index contributed by atoms with van der Waals surface area (Å²) in [5.41, 5.74) is 5.19. The van der Waals surface area contributed by atoms with E-state index >= 15 is 0 Å². The van der Waals surface area contributed by atoms with Crippen molar-refractivity contribution in [3.8, 4) is 0 Å². The summed E-state index contributed by atoms with van der Waals surface area (Å²) >= 11 is 0. The van der Waals surface area contributed by atoms with Gasteiger partial charge in [0.05, 0.1) is 19.8 Å². The van der Waals surface area contributed by atoms with Crippen LogP contribution in [0, 0.1) is 0 Å². The van der Waals surface area contributed by atoms with E-state index in [0.29, 0.717) is 13.1 Å². The molecule has 1 saturated heterocycles. The van der Waals surface area contributed by atoms with Gasteiger partial charge in [0.15, 0.2) is 0 Å². The van der Waals surface area contributed by atoms with E-state index in [1.165, 1.54) is 28.7 Å². The van der Waals surface area contributed by atoms with Crippen molar-refractivity contribution in [2.24, 2.45) is 0 Å². The molecule has 0 spiro atoms. The summed E-state index contributed by atoms with van der Waals surface area (Å²) in [5.74, 6) is -0.0737. The molecule has 1 aromatic rings. The van der Waals surface area contributed by atoms with Crippen LogP contribution in [0.5, 0.6) is 0 Å². The summed E-state index contributed by atoms with van der Waals surface area (Å²) in [6.45, 7) is 6.25. The minimum Gasteiger partial charge on any atom is -0.383 e. The third-order valence-electron chi connectivity index (χ3n) is 6.79. The number of amides is 1. The largest absolute Gasteiger partial charge is 0.383 e. The highest BCUT2D eigenvalue weighted by Crippen LogP contribution is 2.33. The number of hydrogen-bond donors (Lipinski definition) is 3. The maximum Gasteiger partial charge on any atom is 0.330 e. The van der Waals surface area contributed by atoms with Gasteiger partial charge in [-0.15, -0.1) is 0 Å². The van der Waals surface area contributed by atoms with Crippen LogP contribution in [0.1, 0.15) is 51.9 Å². The quantitative estimate of drug-likeness (QED) is 0.500. The predicted octanol–water partition coefficient (Wildman–Crippen LogP) is 0.506. The number of carbonyl (C=O) groups is 1. The first-order chi connectivity index (χ1) is 15.4. The Morgan fingerprint density at radius 2 is 1.91 bits per heavy atom. The van der Waals surface area contributed by atoms with Crippen LogP contribution in [-0.2, 0) is 16.1 Å². The Balaban J connectivity index is 1.67. The zero-order valence-corrected chi connectivity index (χ0v) is 19.5. The zero-order chi connectivity index (χ0) is 23.1. The standard InChI is InChI=1S/C22H38N6O4/c1-3-4-10-28-19(23)18(20(30)25-21(28)31)26(2)15-17(29)24-16-22(8-6-5-7-9-22)27-11-13-32-14-12-27/h3-16,23H2,1-2H3,(H,24,29)(H,25,30,31). The summed E-state index contributed by atoms with van der Waals surface area (Å²) < 4.78 is 6.89. The molecule has 1 aromatic heterocycles. The topological polar surface area (TPSA) is 126 Å². The molecule has 0 atom stereocenters. The van der Waals surface area contributed by atoms with Gasteiger partial charge in [-0.1, -0.05) is 32.6 Å². The van der Waals surface area contributed by atoms with E-state index in [2.05, 4.69) is 15.2 Å². The van der Waals surface area contributed by atoms with Crippen molar-refractivity contribution < 1.29 is 9.53 Å². The first-order valence-corrected chi connectivity index (χ1v) is 11.8. The lowest BCUT2D eigenvalue weighted by Gasteiger charge is -2.48. The first kappa shape index (κ1) is 24.3. The maximum absolute atomic E-state index is 12.8. The molecule has 10 nitrogen and oxygen atoms in total. The van der Waals surface area contributed by atoms with Gasteiger partial charge in [-0.3, -0.25) is 24.0 Å². The van der Waals surface area contributed by atoms with Gasteiger partial charge in [-0.25, -0.2) is 4.79 Å². The van der Waals surface area contributed by atoms with Crippen molar-refractivity contribution in [1.29, 1.82) is 0 Å². The van der Waals surface area contributed by atoms with Crippen molar-refractivity contribution in [2.45, 2.75) is 64.0 Å².